The van der Waals surface area contributed by atoms with Crippen molar-refractivity contribution in [1.82, 2.24) is 10.2 Å². The first-order valence-electron chi connectivity index (χ1n) is 8.32. The van der Waals surface area contributed by atoms with Crippen LogP contribution in [0.25, 0.3) is 0 Å². The summed E-state index contributed by atoms with van der Waals surface area (Å²) in [5.74, 6) is -0.00883. The van der Waals surface area contributed by atoms with Crippen molar-refractivity contribution < 1.29 is 9.90 Å². The normalized spacial score (nSPS) is 23.3. The molecule has 5 nitrogen and oxygen atoms in total. The fourth-order valence-corrected chi connectivity index (χ4v) is 3.21. The molecule has 0 aromatic heterocycles. The van der Waals surface area contributed by atoms with E-state index in [1.54, 1.807) is 0 Å². The number of rotatable bonds is 8. The highest BCUT2D eigenvalue weighted by atomic mass is 16.4. The lowest BCUT2D eigenvalue weighted by molar-refractivity contribution is -0.139. The number of nitrogens with zero attached hydrogens (tertiary/aromatic N) is 2. The number of hydrogen-bond donors (Lipinski definition) is 2. The number of aliphatic carboxylic acids is 1. The van der Waals surface area contributed by atoms with E-state index in [0.29, 0.717) is 17.6 Å². The number of hydrogen-bond acceptors (Lipinski definition) is 4. The zero-order valence-corrected chi connectivity index (χ0v) is 13.2. The molecule has 0 atom stereocenters. The van der Waals surface area contributed by atoms with Crippen molar-refractivity contribution in [1.29, 1.82) is 5.26 Å². The molecule has 2 aliphatic carbocycles. The van der Waals surface area contributed by atoms with Gasteiger partial charge in [0.2, 0.25) is 0 Å². The standard InChI is InChI=1S/C18H23N3O2/c19-9-14-2-1-3-15(6-14)10-20-16-7-17(8-16)21(12-18(22)23)11-13-4-5-13/h1-3,6,13,16-17,20H,4-5,7-8,10-12H2,(H,22,23). The van der Waals surface area contributed by atoms with Crippen LogP contribution in [0.15, 0.2) is 24.3 Å². The lowest BCUT2D eigenvalue weighted by Crippen LogP contribution is -2.54. The first-order valence-corrected chi connectivity index (χ1v) is 8.32. The van der Waals surface area contributed by atoms with Gasteiger partial charge in [0.25, 0.3) is 0 Å². The Morgan fingerprint density at radius 3 is 2.83 bits per heavy atom. The second kappa shape index (κ2) is 7.12. The van der Waals surface area contributed by atoms with Crippen LogP contribution in [0.1, 0.15) is 36.8 Å². The van der Waals surface area contributed by atoms with E-state index in [1.807, 2.05) is 24.3 Å². The van der Waals surface area contributed by atoms with Gasteiger partial charge >= 0.3 is 5.97 Å². The molecule has 0 saturated heterocycles. The van der Waals surface area contributed by atoms with Crippen LogP contribution in [-0.4, -0.2) is 41.1 Å². The molecule has 2 aliphatic rings. The van der Waals surface area contributed by atoms with Crippen molar-refractivity contribution >= 4 is 5.97 Å². The Labute approximate surface area is 136 Å². The molecule has 0 aliphatic heterocycles. The first-order chi connectivity index (χ1) is 11.1. The molecule has 5 heteroatoms. The van der Waals surface area contributed by atoms with Gasteiger partial charge in [0.05, 0.1) is 18.2 Å². The summed E-state index contributed by atoms with van der Waals surface area (Å²) >= 11 is 0. The Morgan fingerprint density at radius 1 is 1.39 bits per heavy atom. The number of nitriles is 1. The quantitative estimate of drug-likeness (QED) is 0.767. The molecule has 0 bridgehead atoms. The van der Waals surface area contributed by atoms with Gasteiger partial charge in [-0.25, -0.2) is 0 Å². The Bertz CT molecular complexity index is 601. The third-order valence-corrected chi connectivity index (χ3v) is 4.81. The van der Waals surface area contributed by atoms with Gasteiger partial charge in [0.15, 0.2) is 0 Å². The summed E-state index contributed by atoms with van der Waals surface area (Å²) in [7, 11) is 0. The number of carbonyl (C=O) groups is 1. The van der Waals surface area contributed by atoms with Crippen LogP contribution in [0.3, 0.4) is 0 Å². The third-order valence-electron chi connectivity index (χ3n) is 4.81. The zero-order chi connectivity index (χ0) is 16.2. The first kappa shape index (κ1) is 16.0. The van der Waals surface area contributed by atoms with Gasteiger partial charge in [-0.1, -0.05) is 12.1 Å². The summed E-state index contributed by atoms with van der Waals surface area (Å²) in [6.45, 7) is 1.86. The number of benzene rings is 1. The third kappa shape index (κ3) is 4.54. The van der Waals surface area contributed by atoms with Crippen molar-refractivity contribution in [2.75, 3.05) is 13.1 Å². The van der Waals surface area contributed by atoms with Crippen molar-refractivity contribution in [3.8, 4) is 6.07 Å². The van der Waals surface area contributed by atoms with Crippen molar-refractivity contribution in [2.45, 2.75) is 44.3 Å². The largest absolute Gasteiger partial charge is 0.480 e. The van der Waals surface area contributed by atoms with Crippen LogP contribution in [0.4, 0.5) is 0 Å². The minimum absolute atomic E-state index is 0.165. The summed E-state index contributed by atoms with van der Waals surface area (Å²) in [5.41, 5.74) is 1.81. The van der Waals surface area contributed by atoms with E-state index in [4.69, 9.17) is 10.4 Å². The lowest BCUT2D eigenvalue weighted by Gasteiger charge is -2.43. The van der Waals surface area contributed by atoms with Gasteiger partial charge in [-0.15, -0.1) is 0 Å². The van der Waals surface area contributed by atoms with Crippen LogP contribution in [0, 0.1) is 17.2 Å². The number of carboxylic acid groups (broad SMARTS) is 1. The molecular formula is C18H23N3O2. The number of carboxylic acids is 1. The smallest absolute Gasteiger partial charge is 0.317 e. The van der Waals surface area contributed by atoms with Gasteiger partial charge in [-0.2, -0.15) is 5.26 Å². The molecule has 2 N–H and O–H groups in total. The maximum absolute atomic E-state index is 11.0. The Hall–Kier alpha value is -1.90. The van der Waals surface area contributed by atoms with Crippen LogP contribution in [0.5, 0.6) is 0 Å². The molecule has 1 aromatic rings. The maximum atomic E-state index is 11.0. The molecule has 0 spiro atoms. The molecule has 2 saturated carbocycles. The minimum atomic E-state index is -0.727. The van der Waals surface area contributed by atoms with Crippen molar-refractivity contribution in [3.63, 3.8) is 0 Å². The monoisotopic (exact) mass is 313 g/mol. The molecule has 0 amide bonds. The summed E-state index contributed by atoms with van der Waals surface area (Å²) in [5, 5.41) is 21.5. The van der Waals surface area contributed by atoms with Gasteiger partial charge in [-0.3, -0.25) is 9.69 Å². The fourth-order valence-electron chi connectivity index (χ4n) is 3.21. The molecule has 23 heavy (non-hydrogen) atoms. The molecule has 122 valence electrons. The topological polar surface area (TPSA) is 76.4 Å². The van der Waals surface area contributed by atoms with Crippen molar-refractivity contribution in [3.05, 3.63) is 35.4 Å². The SMILES string of the molecule is N#Cc1cccc(CNC2CC(N(CC(=O)O)CC3CC3)C2)c1. The number of nitrogens with one attached hydrogen (secondary N) is 1. The summed E-state index contributed by atoms with van der Waals surface area (Å²) in [4.78, 5) is 13.2. The maximum Gasteiger partial charge on any atom is 0.317 e. The minimum Gasteiger partial charge on any atom is -0.480 e. The van der Waals surface area contributed by atoms with Gasteiger partial charge < -0.3 is 10.4 Å². The lowest BCUT2D eigenvalue weighted by atomic mass is 9.85. The Morgan fingerprint density at radius 2 is 2.17 bits per heavy atom. The van der Waals surface area contributed by atoms with Crippen molar-refractivity contribution in [2.24, 2.45) is 5.92 Å². The Balaban J connectivity index is 1.44. The molecule has 3 rings (SSSR count). The predicted octanol–water partition coefficient (Wildman–Crippen LogP) is 1.98. The average Bonchev–Trinajstić information content (AvgIpc) is 3.29. The van der Waals surface area contributed by atoms with Gasteiger partial charge in [0.1, 0.15) is 0 Å². The highest BCUT2D eigenvalue weighted by Gasteiger charge is 2.36. The Kier molecular flexibility index (Phi) is 4.94. The van der Waals surface area contributed by atoms with E-state index < -0.39 is 5.97 Å². The van der Waals surface area contributed by atoms with Gasteiger partial charge in [0, 0.05) is 25.2 Å². The van der Waals surface area contributed by atoms with E-state index >= 15 is 0 Å². The summed E-state index contributed by atoms with van der Waals surface area (Å²) in [6.07, 6.45) is 4.52. The molecule has 0 unspecified atom stereocenters. The van der Waals surface area contributed by atoms with E-state index in [0.717, 1.165) is 37.4 Å². The highest BCUT2D eigenvalue weighted by molar-refractivity contribution is 5.69. The average molecular weight is 313 g/mol. The predicted molar refractivity (Wildman–Crippen MR) is 86.7 cm³/mol. The van der Waals surface area contributed by atoms with Crippen LogP contribution in [-0.2, 0) is 11.3 Å². The zero-order valence-electron chi connectivity index (χ0n) is 13.2. The van der Waals surface area contributed by atoms with E-state index in [1.165, 1.54) is 12.8 Å². The molecule has 2 fully saturated rings. The van der Waals surface area contributed by atoms with Gasteiger partial charge in [-0.05, 0) is 49.3 Å². The van der Waals surface area contributed by atoms with E-state index in [-0.39, 0.29) is 6.54 Å². The van der Waals surface area contributed by atoms with E-state index in [2.05, 4.69) is 16.3 Å². The molecule has 0 heterocycles. The van der Waals surface area contributed by atoms with E-state index in [9.17, 15) is 4.79 Å². The molecule has 0 radical (unpaired) electrons. The van der Waals surface area contributed by atoms with Crippen LogP contribution < -0.4 is 5.32 Å². The molecular weight excluding hydrogens is 290 g/mol. The summed E-state index contributed by atoms with van der Waals surface area (Å²) in [6, 6.07) is 10.6. The molecule has 1 aromatic carbocycles. The second-order valence-corrected chi connectivity index (χ2v) is 6.78. The van der Waals surface area contributed by atoms with Crippen LogP contribution in [0.2, 0.25) is 0 Å². The fraction of sp³-hybridized carbons (Fsp3) is 0.556. The second-order valence-electron chi connectivity index (χ2n) is 6.78. The summed E-state index contributed by atoms with van der Waals surface area (Å²) < 4.78 is 0. The van der Waals surface area contributed by atoms with Crippen LogP contribution >= 0.6 is 0 Å². The highest BCUT2D eigenvalue weighted by Crippen LogP contribution is 2.33.